The Bertz CT molecular complexity index is 1010. The molecule has 8 heteroatoms. The molecule has 0 saturated heterocycles. The average Bonchev–Trinajstić information content (AvgIpc) is 3.25. The maximum absolute atomic E-state index is 12.9. The molecule has 2 aromatic carbocycles. The van der Waals surface area contributed by atoms with E-state index in [0.717, 1.165) is 22.6 Å². The molecule has 0 fully saturated rings. The summed E-state index contributed by atoms with van der Waals surface area (Å²) >= 11 is 1.29. The number of aromatic nitrogens is 2. The van der Waals surface area contributed by atoms with Gasteiger partial charge in [0.1, 0.15) is 16.8 Å². The highest BCUT2D eigenvalue weighted by Gasteiger charge is 2.27. The first-order chi connectivity index (χ1) is 15.0. The molecule has 31 heavy (non-hydrogen) atoms. The molecule has 2 N–H and O–H groups in total. The summed E-state index contributed by atoms with van der Waals surface area (Å²) in [5, 5.41) is 14.9. The fraction of sp³-hybridized carbons (Fsp3) is 0.304. The van der Waals surface area contributed by atoms with Gasteiger partial charge < -0.3 is 10.1 Å². The Hall–Kier alpha value is -3.26. The van der Waals surface area contributed by atoms with Gasteiger partial charge in [0, 0.05) is 5.56 Å². The number of anilines is 1. The fourth-order valence-corrected chi connectivity index (χ4v) is 3.60. The molecule has 7 nitrogen and oxygen atoms in total. The van der Waals surface area contributed by atoms with Crippen LogP contribution in [0.2, 0.25) is 0 Å². The van der Waals surface area contributed by atoms with Crippen LogP contribution in [-0.2, 0) is 9.59 Å². The second-order valence-corrected chi connectivity index (χ2v) is 8.28. The van der Waals surface area contributed by atoms with E-state index < -0.39 is 6.04 Å². The van der Waals surface area contributed by atoms with Gasteiger partial charge in [-0.2, -0.15) is 0 Å². The van der Waals surface area contributed by atoms with E-state index in [1.807, 2.05) is 63.2 Å². The summed E-state index contributed by atoms with van der Waals surface area (Å²) in [4.78, 5) is 25.3. The highest BCUT2D eigenvalue weighted by molar-refractivity contribution is 7.18. The van der Waals surface area contributed by atoms with E-state index in [-0.39, 0.29) is 24.3 Å². The number of nitrogens with zero attached hydrogens (tertiary/aromatic N) is 2. The van der Waals surface area contributed by atoms with Crippen molar-refractivity contribution in [3.63, 3.8) is 0 Å². The Labute approximate surface area is 185 Å². The zero-order chi connectivity index (χ0) is 22.2. The second kappa shape index (κ2) is 10.7. The van der Waals surface area contributed by atoms with Crippen LogP contribution in [0.4, 0.5) is 5.13 Å². The molecule has 2 atom stereocenters. The number of benzene rings is 2. The molecule has 0 bridgehead atoms. The monoisotopic (exact) mass is 438 g/mol. The van der Waals surface area contributed by atoms with Crippen LogP contribution in [0, 0.1) is 12.8 Å². The van der Waals surface area contributed by atoms with E-state index in [4.69, 9.17) is 4.74 Å². The van der Waals surface area contributed by atoms with Crippen LogP contribution in [0.5, 0.6) is 5.75 Å². The Morgan fingerprint density at radius 3 is 2.45 bits per heavy atom. The molecule has 0 aliphatic rings. The smallest absolute Gasteiger partial charge is 0.258 e. The van der Waals surface area contributed by atoms with Crippen molar-refractivity contribution >= 4 is 28.3 Å². The van der Waals surface area contributed by atoms with Crippen molar-refractivity contribution < 1.29 is 14.3 Å². The van der Waals surface area contributed by atoms with Gasteiger partial charge in [-0.15, -0.1) is 10.2 Å². The zero-order valence-corrected chi connectivity index (χ0v) is 18.6. The third-order valence-electron chi connectivity index (χ3n) is 4.88. The van der Waals surface area contributed by atoms with Crippen LogP contribution < -0.4 is 15.4 Å². The molecule has 0 spiro atoms. The van der Waals surface area contributed by atoms with Crippen LogP contribution in [0.3, 0.4) is 0 Å². The van der Waals surface area contributed by atoms with Crippen molar-refractivity contribution in [1.29, 1.82) is 0 Å². The maximum atomic E-state index is 12.9. The number of aryl methyl sites for hydroxylation is 1. The minimum absolute atomic E-state index is 0.0647. The highest BCUT2D eigenvalue weighted by atomic mass is 32.1. The Morgan fingerprint density at radius 2 is 1.77 bits per heavy atom. The molecule has 3 aromatic rings. The third-order valence-corrected chi connectivity index (χ3v) is 5.77. The maximum Gasteiger partial charge on any atom is 0.258 e. The van der Waals surface area contributed by atoms with Crippen molar-refractivity contribution in [3.05, 3.63) is 60.2 Å². The summed E-state index contributed by atoms with van der Waals surface area (Å²) in [5.41, 5.74) is 2.10. The SMILES string of the molecule is CCC(C)C(NC(=O)COc1ccccc1)C(=O)Nc1nnc(-c2ccc(C)cc2)s1. The van der Waals surface area contributed by atoms with Gasteiger partial charge in [0.2, 0.25) is 11.0 Å². The molecule has 0 saturated carbocycles. The van der Waals surface area contributed by atoms with E-state index in [2.05, 4.69) is 20.8 Å². The quantitative estimate of drug-likeness (QED) is 0.525. The summed E-state index contributed by atoms with van der Waals surface area (Å²) in [6.45, 7) is 5.74. The van der Waals surface area contributed by atoms with Gasteiger partial charge in [0.25, 0.3) is 5.91 Å². The summed E-state index contributed by atoms with van der Waals surface area (Å²) in [7, 11) is 0. The second-order valence-electron chi connectivity index (χ2n) is 7.30. The predicted octanol–water partition coefficient (Wildman–Crippen LogP) is 4.06. The summed E-state index contributed by atoms with van der Waals surface area (Å²) in [6, 6.07) is 16.3. The van der Waals surface area contributed by atoms with Crippen molar-refractivity contribution in [2.75, 3.05) is 11.9 Å². The highest BCUT2D eigenvalue weighted by Crippen LogP contribution is 2.26. The third kappa shape index (κ3) is 6.36. The normalized spacial score (nSPS) is 12.6. The van der Waals surface area contributed by atoms with Gasteiger partial charge in [0.15, 0.2) is 6.61 Å². The number of rotatable bonds is 9. The Kier molecular flexibility index (Phi) is 7.72. The first-order valence-corrected chi connectivity index (χ1v) is 11.0. The van der Waals surface area contributed by atoms with Crippen LogP contribution in [0.25, 0.3) is 10.6 Å². The van der Waals surface area contributed by atoms with E-state index in [1.165, 1.54) is 11.3 Å². The Morgan fingerprint density at radius 1 is 1.06 bits per heavy atom. The molecular formula is C23H26N4O3S. The predicted molar refractivity (Wildman–Crippen MR) is 122 cm³/mol. The number of carbonyl (C=O) groups excluding carboxylic acids is 2. The molecule has 3 rings (SSSR count). The molecule has 2 amide bonds. The molecule has 0 aliphatic heterocycles. The summed E-state index contributed by atoms with van der Waals surface area (Å²) in [5.74, 6) is -0.152. The minimum Gasteiger partial charge on any atom is -0.484 e. The molecular weight excluding hydrogens is 412 g/mol. The summed E-state index contributed by atoms with van der Waals surface area (Å²) < 4.78 is 5.48. The number of nitrogens with one attached hydrogen (secondary N) is 2. The summed E-state index contributed by atoms with van der Waals surface area (Å²) in [6.07, 6.45) is 0.725. The topological polar surface area (TPSA) is 93.2 Å². The first-order valence-electron chi connectivity index (χ1n) is 10.1. The largest absolute Gasteiger partial charge is 0.484 e. The molecule has 0 aliphatic carbocycles. The zero-order valence-electron chi connectivity index (χ0n) is 17.8. The van der Waals surface area contributed by atoms with Gasteiger partial charge in [-0.1, -0.05) is 79.6 Å². The van der Waals surface area contributed by atoms with Gasteiger partial charge in [-0.25, -0.2) is 0 Å². The number of ether oxygens (including phenoxy) is 1. The Balaban J connectivity index is 1.62. The molecule has 162 valence electrons. The van der Waals surface area contributed by atoms with Crippen LogP contribution >= 0.6 is 11.3 Å². The number of carbonyl (C=O) groups is 2. The van der Waals surface area contributed by atoms with E-state index in [0.29, 0.717) is 10.9 Å². The van der Waals surface area contributed by atoms with Crippen LogP contribution in [0.1, 0.15) is 25.8 Å². The van der Waals surface area contributed by atoms with Crippen molar-refractivity contribution in [1.82, 2.24) is 15.5 Å². The molecule has 1 aromatic heterocycles. The van der Waals surface area contributed by atoms with Crippen LogP contribution in [0.15, 0.2) is 54.6 Å². The van der Waals surface area contributed by atoms with Crippen LogP contribution in [-0.4, -0.2) is 34.7 Å². The molecule has 0 radical (unpaired) electrons. The van der Waals surface area contributed by atoms with Gasteiger partial charge >= 0.3 is 0 Å². The number of hydrogen-bond donors (Lipinski definition) is 2. The van der Waals surface area contributed by atoms with Crippen molar-refractivity contribution in [2.45, 2.75) is 33.2 Å². The molecule has 2 unspecified atom stereocenters. The van der Waals surface area contributed by atoms with Gasteiger partial charge in [-0.05, 0) is 25.0 Å². The standard InChI is InChI=1S/C23H26N4O3S/c1-4-16(3)20(24-19(28)14-30-18-8-6-5-7-9-18)21(29)25-23-27-26-22(31-23)17-12-10-15(2)11-13-17/h5-13,16,20H,4,14H2,1-3H3,(H,24,28)(H,25,27,29). The average molecular weight is 439 g/mol. The van der Waals surface area contributed by atoms with Gasteiger partial charge in [-0.3, -0.25) is 14.9 Å². The van der Waals surface area contributed by atoms with Crippen molar-refractivity contribution in [2.24, 2.45) is 5.92 Å². The van der Waals surface area contributed by atoms with E-state index in [1.54, 1.807) is 12.1 Å². The lowest BCUT2D eigenvalue weighted by Gasteiger charge is -2.23. The van der Waals surface area contributed by atoms with E-state index >= 15 is 0 Å². The van der Waals surface area contributed by atoms with Crippen molar-refractivity contribution in [3.8, 4) is 16.3 Å². The number of amides is 2. The van der Waals surface area contributed by atoms with Gasteiger partial charge in [0.05, 0.1) is 0 Å². The fourth-order valence-electron chi connectivity index (χ4n) is 2.85. The first kappa shape index (κ1) is 22.4. The number of para-hydroxylation sites is 1. The lowest BCUT2D eigenvalue weighted by molar-refractivity contribution is -0.128. The molecule has 1 heterocycles. The number of hydrogen-bond acceptors (Lipinski definition) is 6. The van der Waals surface area contributed by atoms with E-state index in [9.17, 15) is 9.59 Å². The lowest BCUT2D eigenvalue weighted by Crippen LogP contribution is -2.49. The lowest BCUT2D eigenvalue weighted by atomic mass is 9.98. The minimum atomic E-state index is -0.705.